The van der Waals surface area contributed by atoms with Gasteiger partial charge in [-0.05, 0) is 37.0 Å². The summed E-state index contributed by atoms with van der Waals surface area (Å²) >= 11 is 5.91. The van der Waals surface area contributed by atoms with E-state index in [1.807, 2.05) is 0 Å². The second-order valence-electron chi connectivity index (χ2n) is 4.36. The molecule has 1 aliphatic carbocycles. The van der Waals surface area contributed by atoms with E-state index in [9.17, 15) is 4.79 Å². The summed E-state index contributed by atoms with van der Waals surface area (Å²) in [4.78, 5) is 11.9. The van der Waals surface area contributed by atoms with E-state index in [0.29, 0.717) is 28.8 Å². The average Bonchev–Trinajstić information content (AvgIpc) is 2.82. The number of amides is 1. The van der Waals surface area contributed by atoms with Crippen LogP contribution in [0, 0.1) is 5.92 Å². The highest BCUT2D eigenvalue weighted by atomic mass is 35.5. The maximum Gasteiger partial charge on any atom is 0.225 e. The van der Waals surface area contributed by atoms with Crippen molar-refractivity contribution in [2.45, 2.75) is 19.3 Å². The molecule has 1 atom stereocenters. The molecular formula is C14H16ClNO2. The highest BCUT2D eigenvalue weighted by Crippen LogP contribution is 2.28. The Morgan fingerprint density at radius 3 is 3.06 bits per heavy atom. The molecule has 0 saturated heterocycles. The van der Waals surface area contributed by atoms with Gasteiger partial charge < -0.3 is 10.1 Å². The van der Waals surface area contributed by atoms with Crippen molar-refractivity contribution >= 4 is 23.2 Å². The van der Waals surface area contributed by atoms with Crippen LogP contribution in [-0.2, 0) is 4.79 Å². The molecule has 1 aliphatic rings. The molecule has 0 bridgehead atoms. The van der Waals surface area contributed by atoms with E-state index < -0.39 is 0 Å². The summed E-state index contributed by atoms with van der Waals surface area (Å²) in [7, 11) is 1.57. The molecular weight excluding hydrogens is 250 g/mol. The maximum atomic E-state index is 11.9. The summed E-state index contributed by atoms with van der Waals surface area (Å²) in [6.45, 7) is 0. The van der Waals surface area contributed by atoms with Gasteiger partial charge in [0.25, 0.3) is 0 Å². The number of nitrogens with one attached hydrogen (secondary N) is 1. The van der Waals surface area contributed by atoms with Gasteiger partial charge >= 0.3 is 0 Å². The van der Waals surface area contributed by atoms with Crippen LogP contribution in [0.1, 0.15) is 19.3 Å². The van der Waals surface area contributed by atoms with Crippen molar-refractivity contribution in [1.29, 1.82) is 0 Å². The Kier molecular flexibility index (Phi) is 4.26. The zero-order chi connectivity index (χ0) is 13.0. The molecule has 0 heterocycles. The van der Waals surface area contributed by atoms with Gasteiger partial charge in [-0.2, -0.15) is 0 Å². The topological polar surface area (TPSA) is 38.3 Å². The van der Waals surface area contributed by atoms with Crippen molar-refractivity contribution in [3.05, 3.63) is 35.4 Å². The fourth-order valence-electron chi connectivity index (χ4n) is 2.08. The highest BCUT2D eigenvalue weighted by Gasteiger charge is 2.15. The zero-order valence-corrected chi connectivity index (χ0v) is 11.0. The summed E-state index contributed by atoms with van der Waals surface area (Å²) in [5.74, 6) is 0.969. The molecule has 1 N–H and O–H groups in total. The Bertz CT molecular complexity index is 471. The summed E-state index contributed by atoms with van der Waals surface area (Å²) in [6.07, 6.45) is 6.86. The fourth-order valence-corrected chi connectivity index (χ4v) is 2.25. The number of carbonyl (C=O) groups excluding carboxylic acids is 1. The number of rotatable bonds is 4. The maximum absolute atomic E-state index is 11.9. The van der Waals surface area contributed by atoms with Crippen molar-refractivity contribution < 1.29 is 9.53 Å². The fraction of sp³-hybridized carbons (Fsp3) is 0.357. The zero-order valence-electron chi connectivity index (χ0n) is 10.3. The highest BCUT2D eigenvalue weighted by molar-refractivity contribution is 6.31. The Morgan fingerprint density at radius 1 is 1.56 bits per heavy atom. The molecule has 0 aromatic heterocycles. The molecule has 96 valence electrons. The van der Waals surface area contributed by atoms with E-state index in [4.69, 9.17) is 16.3 Å². The molecule has 1 aromatic rings. The normalized spacial score (nSPS) is 17.8. The second-order valence-corrected chi connectivity index (χ2v) is 4.80. The minimum absolute atomic E-state index is 0.00730. The number of hydrogen-bond acceptors (Lipinski definition) is 2. The lowest BCUT2D eigenvalue weighted by molar-refractivity contribution is -0.116. The molecule has 0 saturated carbocycles. The second kappa shape index (κ2) is 5.91. The van der Waals surface area contributed by atoms with Gasteiger partial charge in [0, 0.05) is 11.4 Å². The van der Waals surface area contributed by atoms with Crippen LogP contribution >= 0.6 is 11.6 Å². The molecule has 4 heteroatoms. The van der Waals surface area contributed by atoms with Gasteiger partial charge in [-0.25, -0.2) is 0 Å². The van der Waals surface area contributed by atoms with Crippen molar-refractivity contribution in [2.24, 2.45) is 5.92 Å². The SMILES string of the molecule is COc1ccc(Cl)cc1NC(=O)CC1C=CCC1. The van der Waals surface area contributed by atoms with Gasteiger partial charge in [0.05, 0.1) is 12.8 Å². The van der Waals surface area contributed by atoms with Gasteiger partial charge in [-0.15, -0.1) is 0 Å². The van der Waals surface area contributed by atoms with Gasteiger partial charge in [0.1, 0.15) is 5.75 Å². The van der Waals surface area contributed by atoms with Crippen LogP contribution in [0.5, 0.6) is 5.75 Å². The predicted molar refractivity (Wildman–Crippen MR) is 73.1 cm³/mol. The van der Waals surface area contributed by atoms with Crippen LogP contribution in [0.25, 0.3) is 0 Å². The van der Waals surface area contributed by atoms with Gasteiger partial charge in [0.2, 0.25) is 5.91 Å². The van der Waals surface area contributed by atoms with Crippen LogP contribution in [0.15, 0.2) is 30.4 Å². The van der Waals surface area contributed by atoms with E-state index >= 15 is 0 Å². The standard InChI is InChI=1S/C14H16ClNO2/c1-18-13-7-6-11(15)9-12(13)16-14(17)8-10-4-2-3-5-10/h2,4,6-7,9-10H,3,5,8H2,1H3,(H,16,17). The minimum Gasteiger partial charge on any atom is -0.495 e. The molecule has 2 rings (SSSR count). The number of halogens is 1. The number of ether oxygens (including phenoxy) is 1. The van der Waals surface area contributed by atoms with Crippen molar-refractivity contribution in [3.8, 4) is 5.75 Å². The lowest BCUT2D eigenvalue weighted by atomic mass is 10.1. The first kappa shape index (κ1) is 13.0. The monoisotopic (exact) mass is 265 g/mol. The number of hydrogen-bond donors (Lipinski definition) is 1. The Morgan fingerprint density at radius 2 is 2.39 bits per heavy atom. The van der Waals surface area contributed by atoms with E-state index in [-0.39, 0.29) is 5.91 Å². The van der Waals surface area contributed by atoms with Crippen molar-refractivity contribution in [1.82, 2.24) is 0 Å². The van der Waals surface area contributed by atoms with Gasteiger partial charge in [-0.3, -0.25) is 4.79 Å². The Hall–Kier alpha value is -1.48. The molecule has 0 fully saturated rings. The smallest absolute Gasteiger partial charge is 0.225 e. The van der Waals surface area contributed by atoms with Crippen LogP contribution in [0.4, 0.5) is 5.69 Å². The van der Waals surface area contributed by atoms with E-state index in [1.165, 1.54) is 0 Å². The Balaban J connectivity index is 2.01. The third-order valence-electron chi connectivity index (χ3n) is 3.00. The number of anilines is 1. The Labute approximate surface area is 112 Å². The van der Waals surface area contributed by atoms with Crippen LogP contribution in [-0.4, -0.2) is 13.0 Å². The molecule has 1 unspecified atom stereocenters. The predicted octanol–water partition coefficient (Wildman–Crippen LogP) is 3.64. The summed E-state index contributed by atoms with van der Waals surface area (Å²) in [6, 6.07) is 5.17. The summed E-state index contributed by atoms with van der Waals surface area (Å²) in [5, 5.41) is 3.42. The lowest BCUT2D eigenvalue weighted by Gasteiger charge is -2.12. The average molecular weight is 266 g/mol. The van der Waals surface area contributed by atoms with Crippen molar-refractivity contribution in [2.75, 3.05) is 12.4 Å². The first-order chi connectivity index (χ1) is 8.69. The number of allylic oxidation sites excluding steroid dienone is 2. The van der Waals surface area contributed by atoms with E-state index in [1.54, 1.807) is 25.3 Å². The third kappa shape index (κ3) is 3.26. The lowest BCUT2D eigenvalue weighted by Crippen LogP contribution is -2.15. The number of benzene rings is 1. The summed E-state index contributed by atoms with van der Waals surface area (Å²) < 4.78 is 5.18. The number of methoxy groups -OCH3 is 1. The quantitative estimate of drug-likeness (QED) is 0.844. The first-order valence-corrected chi connectivity index (χ1v) is 6.37. The van der Waals surface area contributed by atoms with Crippen LogP contribution in [0.3, 0.4) is 0 Å². The minimum atomic E-state index is -0.00730. The molecule has 0 spiro atoms. The van der Waals surface area contributed by atoms with Gasteiger partial charge in [0.15, 0.2) is 0 Å². The molecule has 0 aliphatic heterocycles. The first-order valence-electron chi connectivity index (χ1n) is 5.99. The largest absolute Gasteiger partial charge is 0.495 e. The van der Waals surface area contributed by atoms with Crippen LogP contribution < -0.4 is 10.1 Å². The number of carbonyl (C=O) groups is 1. The molecule has 1 aromatic carbocycles. The summed E-state index contributed by atoms with van der Waals surface area (Å²) in [5.41, 5.74) is 0.622. The third-order valence-corrected chi connectivity index (χ3v) is 3.23. The van der Waals surface area contributed by atoms with Crippen molar-refractivity contribution in [3.63, 3.8) is 0 Å². The van der Waals surface area contributed by atoms with E-state index in [0.717, 1.165) is 12.8 Å². The van der Waals surface area contributed by atoms with Gasteiger partial charge in [-0.1, -0.05) is 23.8 Å². The molecule has 18 heavy (non-hydrogen) atoms. The molecule has 0 radical (unpaired) electrons. The molecule has 1 amide bonds. The molecule has 3 nitrogen and oxygen atoms in total. The van der Waals surface area contributed by atoms with Crippen LogP contribution in [0.2, 0.25) is 5.02 Å². The van der Waals surface area contributed by atoms with E-state index in [2.05, 4.69) is 17.5 Å².